The van der Waals surface area contributed by atoms with Gasteiger partial charge in [0.15, 0.2) is 0 Å². The Morgan fingerprint density at radius 2 is 2.35 bits per heavy atom. The lowest BCUT2D eigenvalue weighted by Gasteiger charge is -2.36. The molecule has 5 heteroatoms. The number of aromatic nitrogens is 2. The van der Waals surface area contributed by atoms with Crippen LogP contribution >= 0.6 is 0 Å². The first kappa shape index (κ1) is 14.5. The Hall–Kier alpha value is -2.04. The largest absolute Gasteiger partial charge is 0.469 e. The molecule has 0 N–H and O–H groups in total. The molecule has 122 valence electrons. The fraction of sp³-hybridized carbons (Fsp3) is 0.556. The molecule has 2 aromatic heterocycles. The highest BCUT2D eigenvalue weighted by Gasteiger charge is 2.48. The van der Waals surface area contributed by atoms with Gasteiger partial charge in [-0.05, 0) is 50.3 Å². The zero-order valence-electron chi connectivity index (χ0n) is 13.5. The van der Waals surface area contributed by atoms with Gasteiger partial charge in [0.25, 0.3) is 0 Å². The predicted molar refractivity (Wildman–Crippen MR) is 85.9 cm³/mol. The van der Waals surface area contributed by atoms with E-state index in [-0.39, 0.29) is 17.9 Å². The van der Waals surface area contributed by atoms with Crippen LogP contribution in [0.5, 0.6) is 0 Å². The van der Waals surface area contributed by atoms with Crippen molar-refractivity contribution in [3.05, 3.63) is 42.1 Å². The predicted octanol–water partition coefficient (Wildman–Crippen LogP) is 2.97. The van der Waals surface area contributed by atoms with Crippen LogP contribution in [0.2, 0.25) is 0 Å². The maximum absolute atomic E-state index is 12.9. The Kier molecular flexibility index (Phi) is 3.71. The van der Waals surface area contributed by atoms with Gasteiger partial charge in [0, 0.05) is 24.6 Å². The molecule has 4 rings (SSSR count). The van der Waals surface area contributed by atoms with Crippen molar-refractivity contribution in [3.63, 3.8) is 0 Å². The smallest absolute Gasteiger partial charge is 0.226 e. The standard InChI is InChI=1S/C18H23N3O2/c1-13-10-19-20(11-13)12-14-5-2-3-7-21(14)18(22)16-9-15(16)17-6-4-8-23-17/h4,6,8,10-11,14-16H,2-3,5,7,9,12H2,1H3/t14-,15-,16+/m0/s1. The zero-order chi connectivity index (χ0) is 15.8. The number of hydrogen-bond acceptors (Lipinski definition) is 3. The van der Waals surface area contributed by atoms with Crippen molar-refractivity contribution in [2.75, 3.05) is 6.54 Å². The number of carbonyl (C=O) groups excluding carboxylic acids is 1. The number of aryl methyl sites for hydroxylation is 1. The summed E-state index contributed by atoms with van der Waals surface area (Å²) in [5, 5.41) is 4.38. The molecule has 2 fully saturated rings. The lowest BCUT2D eigenvalue weighted by Crippen LogP contribution is -2.46. The molecule has 1 saturated heterocycles. The van der Waals surface area contributed by atoms with E-state index in [0.717, 1.165) is 38.1 Å². The molecule has 2 aromatic rings. The molecule has 1 amide bonds. The average Bonchev–Trinajstić information content (AvgIpc) is 2.96. The van der Waals surface area contributed by atoms with E-state index in [1.807, 2.05) is 29.9 Å². The molecule has 2 aliphatic rings. The van der Waals surface area contributed by atoms with Gasteiger partial charge in [0.2, 0.25) is 5.91 Å². The second kappa shape index (κ2) is 5.87. The number of amides is 1. The number of furan rings is 1. The summed E-state index contributed by atoms with van der Waals surface area (Å²) in [6, 6.07) is 4.16. The van der Waals surface area contributed by atoms with Crippen LogP contribution in [0.15, 0.2) is 35.2 Å². The van der Waals surface area contributed by atoms with E-state index in [9.17, 15) is 4.79 Å². The third-order valence-corrected chi connectivity index (χ3v) is 5.09. The molecular formula is C18H23N3O2. The molecule has 1 aliphatic carbocycles. The summed E-state index contributed by atoms with van der Waals surface area (Å²) in [7, 11) is 0. The third-order valence-electron chi connectivity index (χ3n) is 5.09. The van der Waals surface area contributed by atoms with Crippen molar-refractivity contribution >= 4 is 5.91 Å². The highest BCUT2D eigenvalue weighted by molar-refractivity contribution is 5.83. The summed E-state index contributed by atoms with van der Waals surface area (Å²) >= 11 is 0. The minimum Gasteiger partial charge on any atom is -0.469 e. The number of rotatable bonds is 4. The second-order valence-electron chi connectivity index (χ2n) is 6.89. The van der Waals surface area contributed by atoms with Gasteiger partial charge in [-0.1, -0.05) is 0 Å². The van der Waals surface area contributed by atoms with Crippen LogP contribution in [-0.4, -0.2) is 33.2 Å². The van der Waals surface area contributed by atoms with Crippen LogP contribution in [0.4, 0.5) is 0 Å². The summed E-state index contributed by atoms with van der Waals surface area (Å²) < 4.78 is 7.44. The van der Waals surface area contributed by atoms with E-state index in [0.29, 0.717) is 5.91 Å². The van der Waals surface area contributed by atoms with Crippen molar-refractivity contribution in [2.24, 2.45) is 5.92 Å². The van der Waals surface area contributed by atoms with Gasteiger partial charge < -0.3 is 9.32 Å². The van der Waals surface area contributed by atoms with Gasteiger partial charge >= 0.3 is 0 Å². The SMILES string of the molecule is Cc1cnn(C[C@@H]2CCCCN2C(=O)[C@@H]2C[C@@H]2c2ccco2)c1. The van der Waals surface area contributed by atoms with Crippen LogP contribution < -0.4 is 0 Å². The lowest BCUT2D eigenvalue weighted by molar-refractivity contribution is -0.136. The normalized spacial score (nSPS) is 27.2. The van der Waals surface area contributed by atoms with E-state index >= 15 is 0 Å². The van der Waals surface area contributed by atoms with E-state index in [1.165, 1.54) is 12.0 Å². The summed E-state index contributed by atoms with van der Waals surface area (Å²) in [4.78, 5) is 15.0. The number of nitrogens with zero attached hydrogens (tertiary/aromatic N) is 3. The van der Waals surface area contributed by atoms with Crippen molar-refractivity contribution < 1.29 is 9.21 Å². The maximum atomic E-state index is 12.9. The topological polar surface area (TPSA) is 51.3 Å². The monoisotopic (exact) mass is 313 g/mol. The molecule has 3 heterocycles. The molecule has 0 aromatic carbocycles. The highest BCUT2D eigenvalue weighted by Crippen LogP contribution is 2.49. The van der Waals surface area contributed by atoms with Crippen molar-refractivity contribution in [1.29, 1.82) is 0 Å². The molecule has 5 nitrogen and oxygen atoms in total. The summed E-state index contributed by atoms with van der Waals surface area (Å²) in [6.45, 7) is 3.73. The highest BCUT2D eigenvalue weighted by atomic mass is 16.3. The van der Waals surface area contributed by atoms with Gasteiger partial charge in [-0.3, -0.25) is 9.48 Å². The molecular weight excluding hydrogens is 290 g/mol. The minimum absolute atomic E-state index is 0.112. The van der Waals surface area contributed by atoms with Crippen molar-refractivity contribution in [3.8, 4) is 0 Å². The Morgan fingerprint density at radius 3 is 3.09 bits per heavy atom. The summed E-state index contributed by atoms with van der Waals surface area (Å²) in [6.07, 6.45) is 9.93. The molecule has 0 bridgehead atoms. The number of likely N-dealkylation sites (tertiary alicyclic amines) is 1. The quantitative estimate of drug-likeness (QED) is 0.872. The second-order valence-corrected chi connectivity index (χ2v) is 6.89. The molecule has 0 unspecified atom stereocenters. The van der Waals surface area contributed by atoms with E-state index < -0.39 is 0 Å². The number of hydrogen-bond donors (Lipinski definition) is 0. The number of carbonyl (C=O) groups is 1. The average molecular weight is 313 g/mol. The molecule has 3 atom stereocenters. The molecule has 0 radical (unpaired) electrons. The molecule has 23 heavy (non-hydrogen) atoms. The fourth-order valence-electron chi connectivity index (χ4n) is 3.76. The Balaban J connectivity index is 1.44. The summed E-state index contributed by atoms with van der Waals surface area (Å²) in [5.41, 5.74) is 1.17. The third kappa shape index (κ3) is 2.92. The van der Waals surface area contributed by atoms with Crippen LogP contribution in [-0.2, 0) is 11.3 Å². The first-order valence-electron chi connectivity index (χ1n) is 8.55. The van der Waals surface area contributed by atoms with Gasteiger partial charge in [-0.15, -0.1) is 0 Å². The van der Waals surface area contributed by atoms with Gasteiger partial charge in [0.1, 0.15) is 5.76 Å². The van der Waals surface area contributed by atoms with E-state index in [2.05, 4.69) is 16.2 Å². The Bertz CT molecular complexity index is 676. The zero-order valence-corrected chi connectivity index (χ0v) is 13.5. The van der Waals surface area contributed by atoms with Gasteiger partial charge in [0.05, 0.1) is 25.0 Å². The summed E-state index contributed by atoms with van der Waals surface area (Å²) in [5.74, 6) is 1.66. The fourth-order valence-corrected chi connectivity index (χ4v) is 3.76. The van der Waals surface area contributed by atoms with Crippen molar-refractivity contribution in [2.45, 2.75) is 51.1 Å². The maximum Gasteiger partial charge on any atom is 0.226 e. The molecule has 1 saturated carbocycles. The van der Waals surface area contributed by atoms with Gasteiger partial charge in [-0.25, -0.2) is 0 Å². The Morgan fingerprint density at radius 1 is 1.43 bits per heavy atom. The van der Waals surface area contributed by atoms with Crippen LogP contribution in [0, 0.1) is 12.8 Å². The van der Waals surface area contributed by atoms with E-state index in [1.54, 1.807) is 6.26 Å². The van der Waals surface area contributed by atoms with Crippen LogP contribution in [0.25, 0.3) is 0 Å². The van der Waals surface area contributed by atoms with Crippen LogP contribution in [0.1, 0.15) is 42.9 Å². The van der Waals surface area contributed by atoms with Gasteiger partial charge in [-0.2, -0.15) is 5.10 Å². The van der Waals surface area contributed by atoms with Crippen molar-refractivity contribution in [1.82, 2.24) is 14.7 Å². The minimum atomic E-state index is 0.112. The first-order chi connectivity index (χ1) is 11.2. The molecule has 1 aliphatic heterocycles. The lowest BCUT2D eigenvalue weighted by atomic mass is 10.0. The Labute approximate surface area is 136 Å². The molecule has 0 spiro atoms. The number of piperidine rings is 1. The van der Waals surface area contributed by atoms with E-state index in [4.69, 9.17) is 4.42 Å². The van der Waals surface area contributed by atoms with Crippen LogP contribution in [0.3, 0.4) is 0 Å². The first-order valence-corrected chi connectivity index (χ1v) is 8.55.